The van der Waals surface area contributed by atoms with Crippen molar-refractivity contribution >= 4 is 29.2 Å². The summed E-state index contributed by atoms with van der Waals surface area (Å²) in [5.41, 5.74) is 1.35. The fourth-order valence-electron chi connectivity index (χ4n) is 2.21. The second-order valence-electron chi connectivity index (χ2n) is 5.15. The van der Waals surface area contributed by atoms with Crippen LogP contribution in [0.15, 0.2) is 24.3 Å². The number of benzene rings is 1. The van der Waals surface area contributed by atoms with Crippen LogP contribution in [0.2, 0.25) is 0 Å². The highest BCUT2D eigenvalue weighted by Gasteiger charge is 2.29. The van der Waals surface area contributed by atoms with Crippen LogP contribution in [0, 0.1) is 0 Å². The zero-order valence-corrected chi connectivity index (χ0v) is 13.1. The predicted octanol–water partition coefficient (Wildman–Crippen LogP) is 0.624. The first-order valence-electron chi connectivity index (χ1n) is 7.26. The van der Waals surface area contributed by atoms with Gasteiger partial charge in [0.1, 0.15) is 12.6 Å². The van der Waals surface area contributed by atoms with E-state index in [0.717, 1.165) is 5.69 Å². The van der Waals surface area contributed by atoms with Crippen LogP contribution in [0.4, 0.5) is 16.2 Å². The van der Waals surface area contributed by atoms with Gasteiger partial charge in [0.2, 0.25) is 5.91 Å². The first-order valence-corrected chi connectivity index (χ1v) is 7.26. The summed E-state index contributed by atoms with van der Waals surface area (Å²) in [6.45, 7) is 2.55. The smallest absolute Gasteiger partial charge is 0.324 e. The quantitative estimate of drug-likeness (QED) is 0.714. The van der Waals surface area contributed by atoms with Gasteiger partial charge in [-0.3, -0.25) is 14.5 Å². The molecule has 0 bridgehead atoms. The Morgan fingerprint density at radius 2 is 1.96 bits per heavy atom. The summed E-state index contributed by atoms with van der Waals surface area (Å²) in [7, 11) is 1.45. The lowest BCUT2D eigenvalue weighted by Crippen LogP contribution is -2.43. The number of methoxy groups -OCH3 is 1. The topological polar surface area (TPSA) is 99.8 Å². The van der Waals surface area contributed by atoms with Crippen LogP contribution in [0.5, 0.6) is 0 Å². The summed E-state index contributed by atoms with van der Waals surface area (Å²) in [6, 6.07) is 6.03. The molecule has 3 N–H and O–H groups in total. The van der Waals surface area contributed by atoms with E-state index in [1.165, 1.54) is 12.0 Å². The van der Waals surface area contributed by atoms with E-state index in [1.54, 1.807) is 31.2 Å². The number of ether oxygens (including phenoxy) is 1. The van der Waals surface area contributed by atoms with Crippen LogP contribution in [-0.2, 0) is 14.3 Å². The minimum Gasteiger partial charge on any atom is -0.375 e. The zero-order valence-electron chi connectivity index (χ0n) is 13.1. The second-order valence-corrected chi connectivity index (χ2v) is 5.15. The molecule has 2 rings (SSSR count). The van der Waals surface area contributed by atoms with Crippen molar-refractivity contribution in [2.45, 2.75) is 13.0 Å². The standard InChI is InChI=1S/C15H20N4O4/c1-10(14(21)19-8-7-16-15(19)22)17-11-3-5-12(6-4-11)18-13(20)9-23-2/h3-6,10,17H,7-9H2,1-2H3,(H,16,22)(H,18,20)/t10-/m0/s1. The molecule has 0 unspecified atom stereocenters. The van der Waals surface area contributed by atoms with Gasteiger partial charge in [-0.15, -0.1) is 0 Å². The Bertz CT molecular complexity index is 588. The van der Waals surface area contributed by atoms with Gasteiger partial charge < -0.3 is 20.7 Å². The molecule has 1 saturated heterocycles. The molecule has 0 radical (unpaired) electrons. The Morgan fingerprint density at radius 1 is 1.30 bits per heavy atom. The predicted molar refractivity (Wildman–Crippen MR) is 85.1 cm³/mol. The first kappa shape index (κ1) is 16.8. The highest BCUT2D eigenvalue weighted by molar-refractivity contribution is 5.99. The number of anilines is 2. The molecule has 0 saturated carbocycles. The summed E-state index contributed by atoms with van der Waals surface area (Å²) in [4.78, 5) is 36.3. The van der Waals surface area contributed by atoms with Crippen molar-refractivity contribution < 1.29 is 19.1 Å². The molecule has 1 aliphatic heterocycles. The maximum atomic E-state index is 12.2. The van der Waals surface area contributed by atoms with Crippen molar-refractivity contribution in [2.24, 2.45) is 0 Å². The number of carbonyl (C=O) groups is 3. The van der Waals surface area contributed by atoms with Gasteiger partial charge in [0.25, 0.3) is 5.91 Å². The van der Waals surface area contributed by atoms with E-state index in [-0.39, 0.29) is 24.5 Å². The van der Waals surface area contributed by atoms with Crippen molar-refractivity contribution in [2.75, 3.05) is 37.4 Å². The van der Waals surface area contributed by atoms with Crippen molar-refractivity contribution in [3.8, 4) is 0 Å². The molecular formula is C15H20N4O4. The summed E-state index contributed by atoms with van der Waals surface area (Å²) in [6.07, 6.45) is 0. The third-order valence-electron chi connectivity index (χ3n) is 3.32. The molecule has 1 aliphatic rings. The third kappa shape index (κ3) is 4.43. The lowest BCUT2D eigenvalue weighted by Gasteiger charge is -2.19. The molecule has 124 valence electrons. The van der Waals surface area contributed by atoms with Crippen molar-refractivity contribution in [3.63, 3.8) is 0 Å². The molecule has 1 aromatic carbocycles. The van der Waals surface area contributed by atoms with Crippen LogP contribution < -0.4 is 16.0 Å². The maximum Gasteiger partial charge on any atom is 0.324 e. The molecule has 1 fully saturated rings. The Morgan fingerprint density at radius 3 is 2.52 bits per heavy atom. The summed E-state index contributed by atoms with van der Waals surface area (Å²) < 4.78 is 4.74. The van der Waals surface area contributed by atoms with Crippen LogP contribution in [0.1, 0.15) is 6.92 Å². The van der Waals surface area contributed by atoms with Crippen molar-refractivity contribution in [1.29, 1.82) is 0 Å². The molecule has 8 nitrogen and oxygen atoms in total. The summed E-state index contributed by atoms with van der Waals surface area (Å²) >= 11 is 0. The Balaban J connectivity index is 1.91. The minimum absolute atomic E-state index is 0.0105. The van der Waals surface area contributed by atoms with E-state index in [1.807, 2.05) is 0 Å². The fraction of sp³-hybridized carbons (Fsp3) is 0.400. The Hall–Kier alpha value is -2.61. The molecule has 1 atom stereocenters. The second kappa shape index (κ2) is 7.59. The lowest BCUT2D eigenvalue weighted by molar-refractivity contribution is -0.128. The maximum absolute atomic E-state index is 12.2. The Labute approximate surface area is 134 Å². The molecule has 1 heterocycles. The molecule has 4 amide bonds. The van der Waals surface area contributed by atoms with Crippen LogP contribution >= 0.6 is 0 Å². The number of nitrogens with one attached hydrogen (secondary N) is 3. The number of hydrogen-bond donors (Lipinski definition) is 3. The number of carbonyl (C=O) groups excluding carboxylic acids is 3. The highest BCUT2D eigenvalue weighted by atomic mass is 16.5. The molecule has 0 aliphatic carbocycles. The first-order chi connectivity index (χ1) is 11.0. The lowest BCUT2D eigenvalue weighted by atomic mass is 10.2. The molecule has 8 heteroatoms. The van der Waals surface area contributed by atoms with E-state index >= 15 is 0 Å². The fourth-order valence-corrected chi connectivity index (χ4v) is 2.21. The van der Waals surface area contributed by atoms with Crippen molar-refractivity contribution in [3.05, 3.63) is 24.3 Å². The molecule has 23 heavy (non-hydrogen) atoms. The van der Waals surface area contributed by atoms with Gasteiger partial charge in [0.05, 0.1) is 0 Å². The number of rotatable bonds is 6. The van der Waals surface area contributed by atoms with Crippen LogP contribution in [0.3, 0.4) is 0 Å². The van der Waals surface area contributed by atoms with Gasteiger partial charge in [-0.2, -0.15) is 0 Å². The zero-order chi connectivity index (χ0) is 16.8. The largest absolute Gasteiger partial charge is 0.375 e. The number of nitrogens with zero attached hydrogens (tertiary/aromatic N) is 1. The summed E-state index contributed by atoms with van der Waals surface area (Å²) in [5, 5.41) is 8.31. The average Bonchev–Trinajstić information content (AvgIpc) is 2.94. The number of hydrogen-bond acceptors (Lipinski definition) is 5. The molecule has 0 spiro atoms. The number of imide groups is 1. The van der Waals surface area contributed by atoms with E-state index in [4.69, 9.17) is 4.74 Å². The van der Waals surface area contributed by atoms with Crippen LogP contribution in [-0.4, -0.2) is 55.6 Å². The van der Waals surface area contributed by atoms with E-state index < -0.39 is 6.04 Å². The number of urea groups is 1. The summed E-state index contributed by atoms with van der Waals surface area (Å²) in [5.74, 6) is -0.519. The molecule has 1 aromatic rings. The SMILES string of the molecule is COCC(=O)Nc1ccc(N[C@@H](C)C(=O)N2CCNC2=O)cc1. The number of amides is 4. The van der Waals surface area contributed by atoms with Gasteiger partial charge in [0, 0.05) is 31.6 Å². The van der Waals surface area contributed by atoms with E-state index in [0.29, 0.717) is 18.8 Å². The molecular weight excluding hydrogens is 300 g/mol. The Kier molecular flexibility index (Phi) is 5.53. The van der Waals surface area contributed by atoms with Crippen LogP contribution in [0.25, 0.3) is 0 Å². The minimum atomic E-state index is -0.534. The highest BCUT2D eigenvalue weighted by Crippen LogP contribution is 2.15. The van der Waals surface area contributed by atoms with Gasteiger partial charge in [0.15, 0.2) is 0 Å². The van der Waals surface area contributed by atoms with E-state index in [9.17, 15) is 14.4 Å². The van der Waals surface area contributed by atoms with Gasteiger partial charge in [-0.05, 0) is 31.2 Å². The average molecular weight is 320 g/mol. The normalized spacial score (nSPS) is 15.0. The molecule has 0 aromatic heterocycles. The van der Waals surface area contributed by atoms with Gasteiger partial charge in [-0.25, -0.2) is 4.79 Å². The van der Waals surface area contributed by atoms with Crippen molar-refractivity contribution in [1.82, 2.24) is 10.2 Å². The van der Waals surface area contributed by atoms with Gasteiger partial charge >= 0.3 is 6.03 Å². The van der Waals surface area contributed by atoms with E-state index in [2.05, 4.69) is 16.0 Å². The third-order valence-corrected chi connectivity index (χ3v) is 3.32. The monoisotopic (exact) mass is 320 g/mol. The van der Waals surface area contributed by atoms with Gasteiger partial charge in [-0.1, -0.05) is 0 Å².